The normalized spacial score (nSPS) is 14.9. The number of nitrogens with two attached hydrogens (primary N) is 1. The third kappa shape index (κ3) is 2.24. The lowest BCUT2D eigenvalue weighted by Crippen LogP contribution is -2.19. The number of imidazole rings is 1. The highest BCUT2D eigenvalue weighted by molar-refractivity contribution is 5.52. The molecule has 2 heterocycles. The quantitative estimate of drug-likeness (QED) is 0.833. The molecule has 4 heteroatoms. The second-order valence-electron chi connectivity index (χ2n) is 4.85. The summed E-state index contributed by atoms with van der Waals surface area (Å²) in [4.78, 5) is 6.51. The zero-order valence-electron chi connectivity index (χ0n) is 10.4. The second-order valence-corrected chi connectivity index (χ2v) is 4.85. The van der Waals surface area contributed by atoms with E-state index in [1.165, 1.54) is 11.1 Å². The van der Waals surface area contributed by atoms with E-state index in [0.29, 0.717) is 0 Å². The number of aryl methyl sites for hydroxylation is 1. The summed E-state index contributed by atoms with van der Waals surface area (Å²) in [7, 11) is 0. The minimum absolute atomic E-state index is 0.935. The van der Waals surface area contributed by atoms with Gasteiger partial charge in [-0.25, -0.2) is 4.98 Å². The van der Waals surface area contributed by atoms with Crippen LogP contribution in [0.15, 0.2) is 36.9 Å². The molecule has 2 aromatic rings. The van der Waals surface area contributed by atoms with Crippen molar-refractivity contribution in [3.63, 3.8) is 0 Å². The molecule has 0 aliphatic carbocycles. The first-order valence-corrected chi connectivity index (χ1v) is 6.37. The molecule has 1 aliphatic heterocycles. The molecule has 0 spiro atoms. The van der Waals surface area contributed by atoms with E-state index in [2.05, 4.69) is 20.5 Å². The van der Waals surface area contributed by atoms with E-state index in [4.69, 9.17) is 5.73 Å². The summed E-state index contributed by atoms with van der Waals surface area (Å²) in [5.41, 5.74) is 9.64. The topological polar surface area (TPSA) is 47.1 Å². The number of aromatic nitrogens is 2. The Labute approximate surface area is 107 Å². The van der Waals surface area contributed by atoms with Crippen LogP contribution in [0.25, 0.3) is 0 Å². The van der Waals surface area contributed by atoms with Crippen molar-refractivity contribution in [2.24, 2.45) is 0 Å². The molecule has 1 aromatic heterocycles. The molecule has 0 unspecified atom stereocenters. The van der Waals surface area contributed by atoms with Gasteiger partial charge in [-0.1, -0.05) is 12.1 Å². The molecule has 2 N–H and O–H groups in total. The largest absolute Gasteiger partial charge is 0.398 e. The van der Waals surface area contributed by atoms with E-state index in [-0.39, 0.29) is 0 Å². The maximum Gasteiger partial charge on any atom is 0.0945 e. The van der Waals surface area contributed by atoms with Crippen molar-refractivity contribution < 1.29 is 0 Å². The zero-order valence-corrected chi connectivity index (χ0v) is 10.4. The van der Waals surface area contributed by atoms with E-state index in [9.17, 15) is 0 Å². The highest BCUT2D eigenvalue weighted by atomic mass is 15.1. The van der Waals surface area contributed by atoms with Gasteiger partial charge in [-0.05, 0) is 23.6 Å². The van der Waals surface area contributed by atoms with E-state index in [1.807, 2.05) is 30.9 Å². The lowest BCUT2D eigenvalue weighted by Gasteiger charge is -2.14. The van der Waals surface area contributed by atoms with Crippen LogP contribution in [0, 0.1) is 0 Å². The SMILES string of the molecule is Nc1cccc2c1CN(CCCn1ccnc1)C2. The number of anilines is 1. The number of benzene rings is 1. The summed E-state index contributed by atoms with van der Waals surface area (Å²) in [6.07, 6.45) is 6.85. The summed E-state index contributed by atoms with van der Waals surface area (Å²) in [6.45, 7) is 4.16. The standard InChI is InChI=1S/C14H18N4/c15-14-4-1-3-12-9-18(10-13(12)14)7-2-6-17-8-5-16-11-17/h1,3-5,8,11H,2,6-7,9-10,15H2. The Morgan fingerprint density at radius 3 is 2.94 bits per heavy atom. The first kappa shape index (κ1) is 11.3. The van der Waals surface area contributed by atoms with Crippen molar-refractivity contribution in [1.82, 2.24) is 14.5 Å². The number of nitrogen functional groups attached to an aromatic ring is 1. The Balaban J connectivity index is 1.53. The third-order valence-electron chi connectivity index (χ3n) is 3.53. The summed E-state index contributed by atoms with van der Waals surface area (Å²) in [5, 5.41) is 0. The Morgan fingerprint density at radius 1 is 1.22 bits per heavy atom. The van der Waals surface area contributed by atoms with E-state index in [1.54, 1.807) is 0 Å². The van der Waals surface area contributed by atoms with Crippen LogP contribution >= 0.6 is 0 Å². The van der Waals surface area contributed by atoms with Gasteiger partial charge in [0.2, 0.25) is 0 Å². The van der Waals surface area contributed by atoms with Crippen molar-refractivity contribution in [1.29, 1.82) is 0 Å². The van der Waals surface area contributed by atoms with Crippen LogP contribution in [0.3, 0.4) is 0 Å². The van der Waals surface area contributed by atoms with Crippen molar-refractivity contribution in [2.45, 2.75) is 26.1 Å². The Bertz CT molecular complexity index is 519. The van der Waals surface area contributed by atoms with Gasteiger partial charge in [0, 0.05) is 44.3 Å². The minimum Gasteiger partial charge on any atom is -0.398 e. The lowest BCUT2D eigenvalue weighted by molar-refractivity contribution is 0.274. The van der Waals surface area contributed by atoms with Crippen molar-refractivity contribution >= 4 is 5.69 Å². The predicted molar refractivity (Wildman–Crippen MR) is 71.8 cm³/mol. The van der Waals surface area contributed by atoms with Crippen LogP contribution in [0.5, 0.6) is 0 Å². The highest BCUT2D eigenvalue weighted by Gasteiger charge is 2.19. The first-order valence-electron chi connectivity index (χ1n) is 6.37. The van der Waals surface area contributed by atoms with Gasteiger partial charge in [0.05, 0.1) is 6.33 Å². The third-order valence-corrected chi connectivity index (χ3v) is 3.53. The Hall–Kier alpha value is -1.81. The van der Waals surface area contributed by atoms with Crippen molar-refractivity contribution in [2.75, 3.05) is 12.3 Å². The number of nitrogens with zero attached hydrogens (tertiary/aromatic N) is 3. The van der Waals surface area contributed by atoms with Crippen LogP contribution in [-0.2, 0) is 19.6 Å². The van der Waals surface area contributed by atoms with Gasteiger partial charge < -0.3 is 10.3 Å². The van der Waals surface area contributed by atoms with Crippen LogP contribution in [-0.4, -0.2) is 21.0 Å². The fourth-order valence-corrected chi connectivity index (χ4v) is 2.57. The van der Waals surface area contributed by atoms with Gasteiger partial charge in [-0.15, -0.1) is 0 Å². The van der Waals surface area contributed by atoms with E-state index in [0.717, 1.165) is 38.3 Å². The number of hydrogen-bond acceptors (Lipinski definition) is 3. The summed E-state index contributed by atoms with van der Waals surface area (Å²) in [5.74, 6) is 0. The van der Waals surface area contributed by atoms with Gasteiger partial charge in [-0.2, -0.15) is 0 Å². The molecule has 18 heavy (non-hydrogen) atoms. The highest BCUT2D eigenvalue weighted by Crippen LogP contribution is 2.27. The molecule has 0 fully saturated rings. The number of hydrogen-bond donors (Lipinski definition) is 1. The van der Waals surface area contributed by atoms with Crippen LogP contribution < -0.4 is 5.73 Å². The van der Waals surface area contributed by atoms with Crippen molar-refractivity contribution in [3.05, 3.63) is 48.0 Å². The monoisotopic (exact) mass is 242 g/mol. The molecule has 0 radical (unpaired) electrons. The average molecular weight is 242 g/mol. The maximum absolute atomic E-state index is 6.00. The molecule has 1 aromatic carbocycles. The number of fused-ring (bicyclic) bond motifs is 1. The van der Waals surface area contributed by atoms with Crippen LogP contribution in [0.1, 0.15) is 17.5 Å². The molecule has 0 saturated heterocycles. The molecule has 3 rings (SSSR count). The van der Waals surface area contributed by atoms with E-state index >= 15 is 0 Å². The van der Waals surface area contributed by atoms with E-state index < -0.39 is 0 Å². The molecule has 0 amide bonds. The predicted octanol–water partition coefficient (Wildman–Crippen LogP) is 1.87. The molecular weight excluding hydrogens is 224 g/mol. The maximum atomic E-state index is 6.00. The molecular formula is C14H18N4. The summed E-state index contributed by atoms with van der Waals surface area (Å²) >= 11 is 0. The van der Waals surface area contributed by atoms with Crippen LogP contribution in [0.4, 0.5) is 5.69 Å². The zero-order chi connectivity index (χ0) is 12.4. The van der Waals surface area contributed by atoms with Gasteiger partial charge in [0.25, 0.3) is 0 Å². The molecule has 0 saturated carbocycles. The van der Waals surface area contributed by atoms with Gasteiger partial charge in [0.1, 0.15) is 0 Å². The van der Waals surface area contributed by atoms with Crippen molar-refractivity contribution in [3.8, 4) is 0 Å². The first-order chi connectivity index (χ1) is 8.83. The van der Waals surface area contributed by atoms with Gasteiger partial charge in [-0.3, -0.25) is 4.90 Å². The summed E-state index contributed by atoms with van der Waals surface area (Å²) in [6, 6.07) is 6.22. The number of rotatable bonds is 4. The Morgan fingerprint density at radius 2 is 2.17 bits per heavy atom. The lowest BCUT2D eigenvalue weighted by atomic mass is 10.1. The smallest absolute Gasteiger partial charge is 0.0945 e. The second kappa shape index (κ2) is 4.82. The average Bonchev–Trinajstić information content (AvgIpc) is 2.98. The summed E-state index contributed by atoms with van der Waals surface area (Å²) < 4.78 is 2.12. The van der Waals surface area contributed by atoms with Crippen LogP contribution in [0.2, 0.25) is 0 Å². The van der Waals surface area contributed by atoms with Gasteiger partial charge >= 0.3 is 0 Å². The Kier molecular flexibility index (Phi) is 3.02. The molecule has 94 valence electrons. The molecule has 0 atom stereocenters. The fraction of sp³-hybridized carbons (Fsp3) is 0.357. The molecule has 1 aliphatic rings. The van der Waals surface area contributed by atoms with Gasteiger partial charge in [0.15, 0.2) is 0 Å². The fourth-order valence-electron chi connectivity index (χ4n) is 2.57. The molecule has 0 bridgehead atoms. The minimum atomic E-state index is 0.935. The molecule has 4 nitrogen and oxygen atoms in total.